The van der Waals surface area contributed by atoms with Crippen LogP contribution < -0.4 is 10.1 Å². The fourth-order valence-electron chi connectivity index (χ4n) is 2.25. The summed E-state index contributed by atoms with van der Waals surface area (Å²) in [6, 6.07) is 12.3. The lowest BCUT2D eigenvalue weighted by Gasteiger charge is -2.07. The third-order valence-corrected chi connectivity index (χ3v) is 5.21. The summed E-state index contributed by atoms with van der Waals surface area (Å²) in [4.78, 5) is 16.8. The van der Waals surface area contributed by atoms with Crippen LogP contribution >= 0.6 is 27.3 Å². The maximum Gasteiger partial charge on any atom is 0.265 e. The van der Waals surface area contributed by atoms with E-state index in [4.69, 9.17) is 4.74 Å². The molecule has 0 atom stereocenters. The molecule has 4 rings (SSSR count). The molecule has 0 aliphatic carbocycles. The molecule has 0 aliphatic rings. The van der Waals surface area contributed by atoms with Crippen LogP contribution in [0.25, 0.3) is 5.82 Å². The number of benzene rings is 1. The number of halogens is 1. The van der Waals surface area contributed by atoms with Crippen LogP contribution in [0.3, 0.4) is 0 Å². The van der Waals surface area contributed by atoms with E-state index in [-0.39, 0.29) is 5.91 Å². The number of hydrogen-bond acceptors (Lipinski definition) is 6. The number of amides is 1. The van der Waals surface area contributed by atoms with Gasteiger partial charge < -0.3 is 10.1 Å². The summed E-state index contributed by atoms with van der Waals surface area (Å²) >= 11 is 4.72. The minimum atomic E-state index is -0.152. The number of aromatic nitrogens is 4. The van der Waals surface area contributed by atoms with Gasteiger partial charge in [-0.1, -0.05) is 0 Å². The molecule has 1 N–H and O–H groups in total. The van der Waals surface area contributed by atoms with Gasteiger partial charge in [-0.3, -0.25) is 9.36 Å². The van der Waals surface area contributed by atoms with Crippen LogP contribution in [-0.4, -0.2) is 25.7 Å². The Hall–Kier alpha value is -3.04. The number of anilines is 1. The maximum atomic E-state index is 12.2. The van der Waals surface area contributed by atoms with Crippen molar-refractivity contribution in [3.05, 3.63) is 75.9 Å². The molecule has 4 aromatic rings. The van der Waals surface area contributed by atoms with Gasteiger partial charge in [-0.05, 0) is 52.3 Å². The first-order valence-electron chi connectivity index (χ1n) is 7.83. The maximum absolute atomic E-state index is 12.2. The first kappa shape index (κ1) is 17.4. The number of carbonyl (C=O) groups is 1. The van der Waals surface area contributed by atoms with Crippen LogP contribution in [-0.2, 0) is 0 Å². The lowest BCUT2D eigenvalue weighted by molar-refractivity contribution is 0.103. The van der Waals surface area contributed by atoms with E-state index in [1.54, 1.807) is 65.8 Å². The van der Waals surface area contributed by atoms with Gasteiger partial charge in [-0.15, -0.1) is 21.5 Å². The topological polar surface area (TPSA) is 81.9 Å². The number of ether oxygens (including phenoxy) is 1. The minimum Gasteiger partial charge on any atom is -0.438 e. The Morgan fingerprint density at radius 1 is 1.15 bits per heavy atom. The van der Waals surface area contributed by atoms with E-state index in [1.165, 1.54) is 11.3 Å². The van der Waals surface area contributed by atoms with Crippen molar-refractivity contribution in [2.75, 3.05) is 5.32 Å². The lowest BCUT2D eigenvalue weighted by Crippen LogP contribution is -2.09. The summed E-state index contributed by atoms with van der Waals surface area (Å²) in [7, 11) is 0. The predicted molar refractivity (Wildman–Crippen MR) is 106 cm³/mol. The molecule has 0 bridgehead atoms. The van der Waals surface area contributed by atoms with Crippen molar-refractivity contribution in [2.24, 2.45) is 0 Å². The SMILES string of the molecule is O=C(Nc1ccc(Oc2ccc(-n3ccnc3)nn2)cc1)c1cc(Br)cs1. The van der Waals surface area contributed by atoms with E-state index < -0.39 is 0 Å². The summed E-state index contributed by atoms with van der Waals surface area (Å²) in [6.45, 7) is 0. The Morgan fingerprint density at radius 3 is 2.63 bits per heavy atom. The number of nitrogens with one attached hydrogen (secondary N) is 1. The summed E-state index contributed by atoms with van der Waals surface area (Å²) in [5.74, 6) is 1.47. The monoisotopic (exact) mass is 441 g/mol. The Bertz CT molecular complexity index is 1050. The molecule has 27 heavy (non-hydrogen) atoms. The summed E-state index contributed by atoms with van der Waals surface area (Å²) < 4.78 is 8.32. The second kappa shape index (κ2) is 7.68. The zero-order valence-corrected chi connectivity index (χ0v) is 16.1. The first-order chi connectivity index (χ1) is 13.2. The van der Waals surface area contributed by atoms with Crippen molar-refractivity contribution in [3.63, 3.8) is 0 Å². The Labute approximate surface area is 166 Å². The molecule has 0 radical (unpaired) electrons. The molecule has 1 aromatic carbocycles. The van der Waals surface area contributed by atoms with Gasteiger partial charge in [0.25, 0.3) is 5.91 Å². The predicted octanol–water partition coefficient (Wildman–Crippen LogP) is 4.53. The number of hydrogen-bond donors (Lipinski definition) is 1. The number of rotatable bonds is 5. The van der Waals surface area contributed by atoms with Gasteiger partial charge in [-0.2, -0.15) is 0 Å². The molecule has 7 nitrogen and oxygen atoms in total. The van der Waals surface area contributed by atoms with E-state index in [1.807, 2.05) is 5.38 Å². The molecule has 9 heteroatoms. The minimum absolute atomic E-state index is 0.152. The molecular weight excluding hydrogens is 430 g/mol. The highest BCUT2D eigenvalue weighted by Crippen LogP contribution is 2.23. The van der Waals surface area contributed by atoms with Gasteiger partial charge in [-0.25, -0.2) is 4.98 Å². The second-order valence-electron chi connectivity index (χ2n) is 5.41. The number of carbonyl (C=O) groups excluding carboxylic acids is 1. The van der Waals surface area contributed by atoms with Gasteiger partial charge in [0.1, 0.15) is 12.1 Å². The smallest absolute Gasteiger partial charge is 0.265 e. The fourth-order valence-corrected chi connectivity index (χ4v) is 3.57. The highest BCUT2D eigenvalue weighted by molar-refractivity contribution is 9.10. The number of thiophene rings is 1. The quantitative estimate of drug-likeness (QED) is 0.491. The molecule has 134 valence electrons. The zero-order valence-electron chi connectivity index (χ0n) is 13.7. The van der Waals surface area contributed by atoms with Gasteiger partial charge >= 0.3 is 0 Å². The van der Waals surface area contributed by atoms with E-state index >= 15 is 0 Å². The average molecular weight is 442 g/mol. The lowest BCUT2D eigenvalue weighted by atomic mass is 10.3. The van der Waals surface area contributed by atoms with Crippen LogP contribution in [0.15, 0.2) is 71.0 Å². The molecule has 0 unspecified atom stereocenters. The highest BCUT2D eigenvalue weighted by atomic mass is 79.9. The van der Waals surface area contributed by atoms with Crippen molar-refractivity contribution in [1.29, 1.82) is 0 Å². The zero-order chi connectivity index (χ0) is 18.6. The third kappa shape index (κ3) is 4.21. The summed E-state index contributed by atoms with van der Waals surface area (Å²) in [5.41, 5.74) is 0.679. The van der Waals surface area contributed by atoms with Crippen LogP contribution in [0.2, 0.25) is 0 Å². The van der Waals surface area contributed by atoms with Crippen molar-refractivity contribution in [2.45, 2.75) is 0 Å². The Balaban J connectivity index is 1.39. The molecule has 1 amide bonds. The molecule has 3 aromatic heterocycles. The van der Waals surface area contributed by atoms with Gasteiger partial charge in [0.2, 0.25) is 5.88 Å². The Morgan fingerprint density at radius 2 is 2.00 bits per heavy atom. The average Bonchev–Trinajstić information content (AvgIpc) is 3.36. The van der Waals surface area contributed by atoms with Crippen LogP contribution in [0.1, 0.15) is 9.67 Å². The summed E-state index contributed by atoms with van der Waals surface area (Å²) in [6.07, 6.45) is 5.10. The van der Waals surface area contributed by atoms with Gasteiger partial charge in [0.15, 0.2) is 5.82 Å². The molecule has 0 fully saturated rings. The van der Waals surface area contributed by atoms with Crippen LogP contribution in [0, 0.1) is 0 Å². The van der Waals surface area contributed by atoms with Crippen molar-refractivity contribution < 1.29 is 9.53 Å². The van der Waals surface area contributed by atoms with E-state index in [9.17, 15) is 4.79 Å². The largest absolute Gasteiger partial charge is 0.438 e. The molecule has 3 heterocycles. The van der Waals surface area contributed by atoms with E-state index in [2.05, 4.69) is 36.4 Å². The van der Waals surface area contributed by atoms with Crippen LogP contribution in [0.5, 0.6) is 11.6 Å². The van der Waals surface area contributed by atoms with Gasteiger partial charge in [0.05, 0.1) is 4.88 Å². The van der Waals surface area contributed by atoms with E-state index in [0.29, 0.717) is 28.0 Å². The van der Waals surface area contributed by atoms with Crippen molar-refractivity contribution in [3.8, 4) is 17.4 Å². The van der Waals surface area contributed by atoms with Gasteiger partial charge in [0, 0.05) is 34.0 Å². The number of imidazole rings is 1. The van der Waals surface area contributed by atoms with E-state index in [0.717, 1.165) is 4.47 Å². The van der Waals surface area contributed by atoms with Crippen LogP contribution in [0.4, 0.5) is 5.69 Å². The summed E-state index contributed by atoms with van der Waals surface area (Å²) in [5, 5.41) is 12.9. The number of nitrogens with zero attached hydrogens (tertiary/aromatic N) is 4. The fraction of sp³-hybridized carbons (Fsp3) is 0. The second-order valence-corrected chi connectivity index (χ2v) is 7.24. The molecule has 0 aliphatic heterocycles. The Kier molecular flexibility index (Phi) is 4.95. The van der Waals surface area contributed by atoms with Crippen molar-refractivity contribution >= 4 is 38.9 Å². The molecule has 0 saturated heterocycles. The molecule has 0 spiro atoms. The highest BCUT2D eigenvalue weighted by Gasteiger charge is 2.09. The third-order valence-electron chi connectivity index (χ3n) is 3.52. The molecule has 0 saturated carbocycles. The first-order valence-corrected chi connectivity index (χ1v) is 9.50. The molecular formula is C18H12BrN5O2S. The normalized spacial score (nSPS) is 10.6. The van der Waals surface area contributed by atoms with Crippen molar-refractivity contribution in [1.82, 2.24) is 19.7 Å². The standard InChI is InChI=1S/C18H12BrN5O2S/c19-12-9-15(27-10-12)18(25)21-13-1-3-14(4-2-13)26-17-6-5-16(22-23-17)24-8-7-20-11-24/h1-11H,(H,21,25).